The van der Waals surface area contributed by atoms with E-state index in [-0.39, 0.29) is 6.17 Å². The van der Waals surface area contributed by atoms with E-state index < -0.39 is 0 Å². The number of hydrogen-bond donors (Lipinski definition) is 1. The average Bonchev–Trinajstić information content (AvgIpc) is 3.87. The molecule has 1 N–H and O–H groups in total. The average molecular weight is 673 g/mol. The first kappa shape index (κ1) is 28.3. The van der Waals surface area contributed by atoms with Crippen molar-refractivity contribution in [2.75, 3.05) is 0 Å². The molecule has 6 heteroatoms. The summed E-state index contributed by atoms with van der Waals surface area (Å²) in [7, 11) is 0. The number of aromatic nitrogens is 1. The van der Waals surface area contributed by atoms with E-state index in [9.17, 15) is 0 Å². The second-order valence-electron chi connectivity index (χ2n) is 13.0. The van der Waals surface area contributed by atoms with Crippen LogP contribution in [0, 0.1) is 0 Å². The standard InChI is InChI=1S/C45H28N4OS/c1-2-11-27(12-3-1)43-46-44(48-45(47-43)36-17-10-16-35-34-15-6-9-20-41(34)51-42(35)36)28-21-23-31-30-13-4-7-18-37(30)49(38(31)25-28)29-22-24-33-32-14-5-8-19-39(32)50-40(33)26-29/h1-26,45H,(H,46,47,48). The quantitative estimate of drug-likeness (QED) is 0.202. The molecule has 0 spiro atoms. The smallest absolute Gasteiger partial charge is 0.159 e. The summed E-state index contributed by atoms with van der Waals surface area (Å²) in [5.41, 5.74) is 8.15. The summed E-state index contributed by atoms with van der Waals surface area (Å²) in [5.74, 6) is 1.50. The van der Waals surface area contributed by atoms with Crippen molar-refractivity contribution < 1.29 is 4.42 Å². The predicted octanol–water partition coefficient (Wildman–Crippen LogP) is 11.5. The van der Waals surface area contributed by atoms with Gasteiger partial charge in [-0.25, -0.2) is 9.98 Å². The van der Waals surface area contributed by atoms with E-state index in [0.29, 0.717) is 5.84 Å². The van der Waals surface area contributed by atoms with Crippen LogP contribution in [-0.4, -0.2) is 16.2 Å². The Balaban J connectivity index is 1.12. The molecule has 0 aliphatic carbocycles. The van der Waals surface area contributed by atoms with E-state index in [1.165, 1.54) is 30.9 Å². The molecule has 1 aliphatic heterocycles. The number of rotatable bonds is 4. The Hall–Kier alpha value is -6.50. The third-order valence-corrected chi connectivity index (χ3v) is 11.3. The third kappa shape index (κ3) is 4.40. The Bertz CT molecular complexity index is 3070. The van der Waals surface area contributed by atoms with Crippen LogP contribution in [0.3, 0.4) is 0 Å². The second-order valence-corrected chi connectivity index (χ2v) is 14.1. The van der Waals surface area contributed by atoms with E-state index in [1.54, 1.807) is 0 Å². The minimum absolute atomic E-state index is 0.318. The van der Waals surface area contributed by atoms with Gasteiger partial charge in [0.25, 0.3) is 0 Å². The van der Waals surface area contributed by atoms with E-state index in [0.717, 1.165) is 61.2 Å². The molecule has 0 saturated carbocycles. The summed E-state index contributed by atoms with van der Waals surface area (Å²) in [4.78, 5) is 10.5. The number of para-hydroxylation sites is 2. The number of hydrogen-bond acceptors (Lipinski definition) is 5. The number of furan rings is 1. The highest BCUT2D eigenvalue weighted by Crippen LogP contribution is 2.40. The van der Waals surface area contributed by atoms with Gasteiger partial charge in [-0.05, 0) is 36.4 Å². The van der Waals surface area contributed by atoms with Gasteiger partial charge >= 0.3 is 0 Å². The Morgan fingerprint density at radius 1 is 0.549 bits per heavy atom. The molecule has 0 radical (unpaired) electrons. The zero-order chi connectivity index (χ0) is 33.5. The maximum atomic E-state index is 6.34. The monoisotopic (exact) mass is 672 g/mol. The Morgan fingerprint density at radius 2 is 1.27 bits per heavy atom. The second kappa shape index (κ2) is 11.0. The lowest BCUT2D eigenvalue weighted by Gasteiger charge is -2.24. The highest BCUT2D eigenvalue weighted by atomic mass is 32.1. The molecule has 0 saturated heterocycles. The van der Waals surface area contributed by atoms with Gasteiger partial charge in [0.15, 0.2) is 5.84 Å². The van der Waals surface area contributed by atoms with Crippen molar-refractivity contribution in [3.63, 3.8) is 0 Å². The van der Waals surface area contributed by atoms with Crippen molar-refractivity contribution >= 4 is 86.9 Å². The molecule has 7 aromatic carbocycles. The van der Waals surface area contributed by atoms with Gasteiger partial charge in [-0.1, -0.05) is 115 Å². The van der Waals surface area contributed by atoms with Crippen molar-refractivity contribution in [1.82, 2.24) is 9.88 Å². The lowest BCUT2D eigenvalue weighted by atomic mass is 10.1. The lowest BCUT2D eigenvalue weighted by Crippen LogP contribution is -2.33. The molecule has 10 aromatic rings. The summed E-state index contributed by atoms with van der Waals surface area (Å²) in [6.45, 7) is 0. The van der Waals surface area contributed by atoms with Gasteiger partial charge in [-0.3, -0.25) is 0 Å². The normalized spacial score (nSPS) is 14.9. The molecule has 1 aliphatic rings. The molecule has 11 rings (SSSR count). The highest BCUT2D eigenvalue weighted by molar-refractivity contribution is 7.26. The van der Waals surface area contributed by atoms with Gasteiger partial charge in [-0.2, -0.15) is 0 Å². The number of nitrogens with one attached hydrogen (secondary N) is 1. The molecular formula is C45H28N4OS. The number of aliphatic imine (C=N–C) groups is 2. The number of benzene rings is 7. The van der Waals surface area contributed by atoms with E-state index in [2.05, 4.69) is 149 Å². The molecular weight excluding hydrogens is 645 g/mol. The molecule has 1 atom stereocenters. The summed E-state index contributed by atoms with van der Waals surface area (Å²) in [5, 5.41) is 10.8. The fraction of sp³-hybridized carbons (Fsp3) is 0.0222. The maximum absolute atomic E-state index is 6.34. The molecule has 1 unspecified atom stereocenters. The number of thiophene rings is 1. The van der Waals surface area contributed by atoms with Crippen molar-refractivity contribution in [2.45, 2.75) is 6.17 Å². The number of fused-ring (bicyclic) bond motifs is 9. The largest absolute Gasteiger partial charge is 0.456 e. The minimum Gasteiger partial charge on any atom is -0.456 e. The van der Waals surface area contributed by atoms with Gasteiger partial charge in [0.2, 0.25) is 0 Å². The van der Waals surface area contributed by atoms with E-state index in [1.807, 2.05) is 29.5 Å². The Kier molecular flexibility index (Phi) is 6.12. The van der Waals surface area contributed by atoms with Crippen LogP contribution in [0.4, 0.5) is 0 Å². The van der Waals surface area contributed by atoms with Crippen LogP contribution in [0.5, 0.6) is 0 Å². The molecule has 0 amide bonds. The minimum atomic E-state index is -0.318. The van der Waals surface area contributed by atoms with Crippen molar-refractivity contribution in [3.05, 3.63) is 174 Å². The zero-order valence-corrected chi connectivity index (χ0v) is 28.1. The summed E-state index contributed by atoms with van der Waals surface area (Å²) in [6, 6.07) is 55.5. The maximum Gasteiger partial charge on any atom is 0.159 e. The van der Waals surface area contributed by atoms with Gasteiger partial charge < -0.3 is 14.3 Å². The first-order valence-electron chi connectivity index (χ1n) is 17.1. The Labute approximate surface area is 296 Å². The van der Waals surface area contributed by atoms with Crippen LogP contribution >= 0.6 is 11.3 Å². The topological polar surface area (TPSA) is 54.8 Å². The molecule has 4 heterocycles. The summed E-state index contributed by atoms with van der Waals surface area (Å²) >= 11 is 1.82. The Morgan fingerprint density at radius 3 is 2.20 bits per heavy atom. The van der Waals surface area contributed by atoms with Gasteiger partial charge in [-0.15, -0.1) is 11.3 Å². The molecule has 240 valence electrons. The molecule has 5 nitrogen and oxygen atoms in total. The number of nitrogens with zero attached hydrogens (tertiary/aromatic N) is 3. The number of amidine groups is 2. The molecule has 3 aromatic heterocycles. The van der Waals surface area contributed by atoms with Gasteiger partial charge in [0.05, 0.1) is 11.0 Å². The van der Waals surface area contributed by atoms with Crippen molar-refractivity contribution in [3.8, 4) is 5.69 Å². The predicted molar refractivity (Wildman–Crippen MR) is 213 cm³/mol. The SMILES string of the molecule is c1ccc(C2=NC(c3ccc4c5ccccc5n(-c5ccc6c(c5)oc5ccccc56)c4c3)=NC(c3cccc4c3sc3ccccc34)N2)cc1. The first-order chi connectivity index (χ1) is 25.3. The summed E-state index contributed by atoms with van der Waals surface area (Å²) in [6.07, 6.45) is -0.318. The lowest BCUT2D eigenvalue weighted by molar-refractivity contribution is 0.668. The fourth-order valence-electron chi connectivity index (χ4n) is 7.71. The highest BCUT2D eigenvalue weighted by Gasteiger charge is 2.24. The van der Waals surface area contributed by atoms with Crippen LogP contribution in [0.15, 0.2) is 172 Å². The van der Waals surface area contributed by atoms with Gasteiger partial charge in [0.1, 0.15) is 23.2 Å². The van der Waals surface area contributed by atoms with Crippen LogP contribution < -0.4 is 5.32 Å². The molecule has 51 heavy (non-hydrogen) atoms. The van der Waals surface area contributed by atoms with Crippen molar-refractivity contribution in [1.29, 1.82) is 0 Å². The molecule has 0 bridgehead atoms. The zero-order valence-electron chi connectivity index (χ0n) is 27.2. The molecule has 0 fully saturated rings. The van der Waals surface area contributed by atoms with Crippen molar-refractivity contribution in [2.24, 2.45) is 9.98 Å². The summed E-state index contributed by atoms with van der Waals surface area (Å²) < 4.78 is 11.2. The van der Waals surface area contributed by atoms with E-state index >= 15 is 0 Å². The van der Waals surface area contributed by atoms with Crippen LogP contribution in [-0.2, 0) is 0 Å². The first-order valence-corrected chi connectivity index (χ1v) is 17.9. The third-order valence-electron chi connectivity index (χ3n) is 10.1. The fourth-order valence-corrected chi connectivity index (χ4v) is 8.95. The van der Waals surface area contributed by atoms with Gasteiger partial charge in [0, 0.05) is 70.2 Å². The van der Waals surface area contributed by atoms with E-state index in [4.69, 9.17) is 14.4 Å². The van der Waals surface area contributed by atoms with Crippen LogP contribution in [0.25, 0.3) is 69.6 Å². The van der Waals surface area contributed by atoms with Crippen LogP contribution in [0.1, 0.15) is 22.9 Å². The van der Waals surface area contributed by atoms with Crippen LogP contribution in [0.2, 0.25) is 0 Å².